The average molecular weight is 234 g/mol. The van der Waals surface area contributed by atoms with Crippen molar-refractivity contribution >= 4 is 5.91 Å². The molecule has 5 heteroatoms. The van der Waals surface area contributed by atoms with Gasteiger partial charge < -0.3 is 15.5 Å². The van der Waals surface area contributed by atoms with Crippen LogP contribution in [-0.2, 0) is 0 Å². The Balaban J connectivity index is 2.90. The number of phenolic OH excluding ortho intramolecular Hbond substituents is 2. The minimum Gasteiger partial charge on any atom is -0.508 e. The summed E-state index contributed by atoms with van der Waals surface area (Å²) in [4.78, 5) is 11.8. The molecule has 0 heterocycles. The fraction of sp³-hybridized carbons (Fsp3) is 0.333. The predicted octanol–water partition coefficient (Wildman–Crippen LogP) is 1.38. The number of hydrogen-bond donors (Lipinski definition) is 3. The lowest BCUT2D eigenvalue weighted by Crippen LogP contribution is -2.37. The third-order valence-electron chi connectivity index (χ3n) is 2.32. The lowest BCUT2D eigenvalue weighted by molar-refractivity contribution is 0.0934. The van der Waals surface area contributed by atoms with Crippen LogP contribution in [0, 0.1) is 17.2 Å². The number of phenols is 2. The molecule has 1 rings (SSSR count). The number of rotatable bonds is 3. The van der Waals surface area contributed by atoms with Crippen molar-refractivity contribution in [2.45, 2.75) is 19.9 Å². The van der Waals surface area contributed by atoms with Gasteiger partial charge in [-0.05, 0) is 24.1 Å². The van der Waals surface area contributed by atoms with E-state index in [1.54, 1.807) is 13.8 Å². The Kier molecular flexibility index (Phi) is 3.94. The summed E-state index contributed by atoms with van der Waals surface area (Å²) in [5.74, 6) is -0.978. The fourth-order valence-corrected chi connectivity index (χ4v) is 1.27. The molecule has 0 aliphatic rings. The Morgan fingerprint density at radius 1 is 1.41 bits per heavy atom. The van der Waals surface area contributed by atoms with Crippen molar-refractivity contribution in [1.29, 1.82) is 5.26 Å². The zero-order valence-corrected chi connectivity index (χ0v) is 9.64. The summed E-state index contributed by atoms with van der Waals surface area (Å²) in [6.45, 7) is 3.60. The highest BCUT2D eigenvalue weighted by atomic mass is 16.3. The van der Waals surface area contributed by atoms with Crippen LogP contribution in [0.25, 0.3) is 0 Å². The molecule has 3 N–H and O–H groups in total. The van der Waals surface area contributed by atoms with Gasteiger partial charge >= 0.3 is 0 Å². The number of carbonyl (C=O) groups is 1. The highest BCUT2D eigenvalue weighted by Crippen LogP contribution is 2.22. The molecule has 1 amide bonds. The molecule has 5 nitrogen and oxygen atoms in total. The van der Waals surface area contributed by atoms with E-state index in [0.29, 0.717) is 0 Å². The lowest BCUT2D eigenvalue weighted by atomic mass is 10.1. The Morgan fingerprint density at radius 2 is 2.06 bits per heavy atom. The van der Waals surface area contributed by atoms with Gasteiger partial charge in [0, 0.05) is 0 Å². The molecule has 17 heavy (non-hydrogen) atoms. The molecule has 0 bridgehead atoms. The molecular formula is C12H14N2O3. The Labute approximate surface area is 99.3 Å². The first-order valence-electron chi connectivity index (χ1n) is 5.18. The molecule has 0 aliphatic heterocycles. The third kappa shape index (κ3) is 3.11. The molecule has 90 valence electrons. The first-order chi connectivity index (χ1) is 7.95. The first kappa shape index (κ1) is 12.8. The van der Waals surface area contributed by atoms with Gasteiger partial charge in [0.05, 0.1) is 11.6 Å². The topological polar surface area (TPSA) is 93.4 Å². The van der Waals surface area contributed by atoms with E-state index in [0.717, 1.165) is 6.07 Å². The Morgan fingerprint density at radius 3 is 2.59 bits per heavy atom. The van der Waals surface area contributed by atoms with Crippen molar-refractivity contribution in [1.82, 2.24) is 5.32 Å². The standard InChI is InChI=1S/C12H14N2O3/c1-7(2)10(6-13)14-12(17)9-5-8(15)3-4-11(9)16/h3-5,7,10,15-16H,1-2H3,(H,14,17). The van der Waals surface area contributed by atoms with E-state index < -0.39 is 11.9 Å². The van der Waals surface area contributed by atoms with Crippen LogP contribution in [0.15, 0.2) is 18.2 Å². The quantitative estimate of drug-likeness (QED) is 0.688. The lowest BCUT2D eigenvalue weighted by Gasteiger charge is -2.15. The van der Waals surface area contributed by atoms with Crippen molar-refractivity contribution in [2.75, 3.05) is 0 Å². The molecule has 0 aliphatic carbocycles. The van der Waals surface area contributed by atoms with E-state index in [2.05, 4.69) is 5.32 Å². The van der Waals surface area contributed by atoms with Gasteiger partial charge in [-0.25, -0.2) is 0 Å². The maximum absolute atomic E-state index is 11.8. The molecule has 1 aromatic rings. The summed E-state index contributed by atoms with van der Waals surface area (Å²) in [6.07, 6.45) is 0. The monoisotopic (exact) mass is 234 g/mol. The van der Waals surface area contributed by atoms with Gasteiger partial charge in [0.2, 0.25) is 0 Å². The Bertz CT molecular complexity index is 463. The molecule has 1 aromatic carbocycles. The van der Waals surface area contributed by atoms with Gasteiger partial charge in [-0.1, -0.05) is 13.8 Å². The normalized spacial score (nSPS) is 11.9. The summed E-state index contributed by atoms with van der Waals surface area (Å²) < 4.78 is 0. The molecule has 0 radical (unpaired) electrons. The number of carbonyl (C=O) groups excluding carboxylic acids is 1. The summed E-state index contributed by atoms with van der Waals surface area (Å²) in [6, 6.07) is 4.97. The second kappa shape index (κ2) is 5.21. The van der Waals surface area contributed by atoms with E-state index in [-0.39, 0.29) is 23.0 Å². The second-order valence-electron chi connectivity index (χ2n) is 4.03. The van der Waals surface area contributed by atoms with Crippen LogP contribution in [0.3, 0.4) is 0 Å². The molecule has 0 saturated carbocycles. The first-order valence-corrected chi connectivity index (χ1v) is 5.18. The molecule has 0 saturated heterocycles. The summed E-state index contributed by atoms with van der Waals surface area (Å²) in [5.41, 5.74) is -0.0501. The van der Waals surface area contributed by atoms with Gasteiger partial charge in [0.15, 0.2) is 0 Å². The van der Waals surface area contributed by atoms with Gasteiger partial charge in [-0.3, -0.25) is 4.79 Å². The number of benzene rings is 1. The fourth-order valence-electron chi connectivity index (χ4n) is 1.27. The van der Waals surface area contributed by atoms with Crippen LogP contribution in [0.1, 0.15) is 24.2 Å². The minimum absolute atomic E-state index is 0.0385. The van der Waals surface area contributed by atoms with Crippen LogP contribution in [0.2, 0.25) is 0 Å². The number of nitrogens with one attached hydrogen (secondary N) is 1. The molecular weight excluding hydrogens is 220 g/mol. The van der Waals surface area contributed by atoms with E-state index in [9.17, 15) is 15.0 Å². The zero-order valence-electron chi connectivity index (χ0n) is 9.64. The van der Waals surface area contributed by atoms with Crippen LogP contribution < -0.4 is 5.32 Å². The molecule has 0 aromatic heterocycles. The van der Waals surface area contributed by atoms with Crippen molar-refractivity contribution in [3.8, 4) is 17.6 Å². The van der Waals surface area contributed by atoms with Gasteiger partial charge in [0.25, 0.3) is 5.91 Å². The van der Waals surface area contributed by atoms with Crippen LogP contribution in [0.4, 0.5) is 0 Å². The van der Waals surface area contributed by atoms with Crippen molar-refractivity contribution in [3.63, 3.8) is 0 Å². The highest BCUT2D eigenvalue weighted by Gasteiger charge is 2.18. The van der Waals surface area contributed by atoms with E-state index in [4.69, 9.17) is 5.26 Å². The number of aromatic hydroxyl groups is 2. The smallest absolute Gasteiger partial charge is 0.256 e. The summed E-state index contributed by atoms with van der Waals surface area (Å²) in [7, 11) is 0. The molecule has 0 fully saturated rings. The maximum atomic E-state index is 11.8. The number of nitriles is 1. The van der Waals surface area contributed by atoms with Crippen molar-refractivity contribution in [3.05, 3.63) is 23.8 Å². The van der Waals surface area contributed by atoms with Gasteiger partial charge in [-0.15, -0.1) is 0 Å². The van der Waals surface area contributed by atoms with Crippen LogP contribution >= 0.6 is 0 Å². The second-order valence-corrected chi connectivity index (χ2v) is 4.03. The number of amides is 1. The van der Waals surface area contributed by atoms with Crippen molar-refractivity contribution < 1.29 is 15.0 Å². The van der Waals surface area contributed by atoms with Crippen molar-refractivity contribution in [2.24, 2.45) is 5.92 Å². The van der Waals surface area contributed by atoms with E-state index in [1.807, 2.05) is 6.07 Å². The number of hydrogen-bond acceptors (Lipinski definition) is 4. The summed E-state index contributed by atoms with van der Waals surface area (Å²) in [5, 5.41) is 30.0. The SMILES string of the molecule is CC(C)C(C#N)NC(=O)c1cc(O)ccc1O. The molecule has 1 atom stereocenters. The predicted molar refractivity (Wildman–Crippen MR) is 61.5 cm³/mol. The van der Waals surface area contributed by atoms with Gasteiger partial charge in [-0.2, -0.15) is 5.26 Å². The number of nitrogens with zero attached hydrogens (tertiary/aromatic N) is 1. The van der Waals surface area contributed by atoms with E-state index in [1.165, 1.54) is 12.1 Å². The largest absolute Gasteiger partial charge is 0.508 e. The van der Waals surface area contributed by atoms with Crippen LogP contribution in [0.5, 0.6) is 11.5 Å². The summed E-state index contributed by atoms with van der Waals surface area (Å²) >= 11 is 0. The molecule has 1 unspecified atom stereocenters. The van der Waals surface area contributed by atoms with Crippen LogP contribution in [-0.4, -0.2) is 22.2 Å². The average Bonchev–Trinajstić information content (AvgIpc) is 2.28. The minimum atomic E-state index is -0.635. The Hall–Kier alpha value is -2.22. The van der Waals surface area contributed by atoms with E-state index >= 15 is 0 Å². The third-order valence-corrected chi connectivity index (χ3v) is 2.32. The zero-order chi connectivity index (χ0) is 13.0. The highest BCUT2D eigenvalue weighted by molar-refractivity contribution is 5.97. The molecule has 0 spiro atoms. The maximum Gasteiger partial charge on any atom is 0.256 e. The van der Waals surface area contributed by atoms with Gasteiger partial charge in [0.1, 0.15) is 17.5 Å².